The average molecular weight is 443 g/mol. The zero-order valence-electron chi connectivity index (χ0n) is 16.6. The van der Waals surface area contributed by atoms with E-state index in [0.717, 1.165) is 61.2 Å². The molecular formula is C23H24Cl2N4O. The lowest BCUT2D eigenvalue weighted by Crippen LogP contribution is -2.31. The van der Waals surface area contributed by atoms with Crippen molar-refractivity contribution < 1.29 is 4.74 Å². The summed E-state index contributed by atoms with van der Waals surface area (Å²) in [6, 6.07) is 14.8. The van der Waals surface area contributed by atoms with E-state index in [-0.39, 0.29) is 18.0 Å². The fraction of sp³-hybridized carbons (Fsp3) is 0.391. The lowest BCUT2D eigenvalue weighted by atomic mass is 9.74. The fourth-order valence-corrected chi connectivity index (χ4v) is 5.53. The van der Waals surface area contributed by atoms with Gasteiger partial charge < -0.3 is 10.1 Å². The van der Waals surface area contributed by atoms with Gasteiger partial charge in [0.05, 0.1) is 24.4 Å². The first-order valence-corrected chi connectivity index (χ1v) is 10.8. The third-order valence-electron chi connectivity index (χ3n) is 6.81. The van der Waals surface area contributed by atoms with Gasteiger partial charge in [0.2, 0.25) is 0 Å². The first-order valence-electron chi connectivity index (χ1n) is 10.4. The zero-order valence-corrected chi connectivity index (χ0v) is 18.2. The van der Waals surface area contributed by atoms with Gasteiger partial charge in [0, 0.05) is 17.5 Å². The molecule has 1 aliphatic carbocycles. The Morgan fingerprint density at radius 1 is 1.03 bits per heavy atom. The first kappa shape index (κ1) is 20.0. The summed E-state index contributed by atoms with van der Waals surface area (Å²) in [5.74, 6) is 2.44. The molecule has 1 spiro atoms. The minimum Gasteiger partial charge on any atom is -0.366 e. The van der Waals surface area contributed by atoms with Crippen LogP contribution in [-0.4, -0.2) is 14.8 Å². The molecule has 0 unspecified atom stereocenters. The Morgan fingerprint density at radius 3 is 2.73 bits per heavy atom. The maximum atomic E-state index is 6.35. The van der Waals surface area contributed by atoms with Gasteiger partial charge in [0.15, 0.2) is 5.82 Å². The molecule has 0 radical (unpaired) electrons. The number of hydrogen-bond donors (Lipinski definition) is 1. The van der Waals surface area contributed by atoms with E-state index < -0.39 is 0 Å². The highest BCUT2D eigenvalue weighted by Gasteiger charge is 2.44. The van der Waals surface area contributed by atoms with Crippen LogP contribution in [0.5, 0.6) is 0 Å². The number of nitrogens with one attached hydrogen (secondary N) is 1. The van der Waals surface area contributed by atoms with Crippen molar-refractivity contribution in [3.05, 3.63) is 75.8 Å². The number of ether oxygens (including phenoxy) is 1. The van der Waals surface area contributed by atoms with Crippen molar-refractivity contribution in [2.75, 3.05) is 0 Å². The molecule has 3 aromatic rings. The second kappa shape index (κ2) is 7.65. The maximum Gasteiger partial charge on any atom is 0.151 e. The Bertz CT molecular complexity index is 1090. The van der Waals surface area contributed by atoms with E-state index in [1.807, 2.05) is 12.1 Å². The van der Waals surface area contributed by atoms with Crippen LogP contribution in [0.25, 0.3) is 5.69 Å². The number of rotatable bonds is 1. The SMILES string of the molecule is Cl.Clc1ccc2c(c1)CNCc1nnc([C@H]3CC[C@@]4(CC3)OCc3ccccc34)n1-2. The average Bonchev–Trinajstić information content (AvgIpc) is 3.27. The predicted octanol–water partition coefficient (Wildman–Crippen LogP) is 5.03. The Hall–Kier alpha value is -1.92. The van der Waals surface area contributed by atoms with E-state index in [1.165, 1.54) is 16.7 Å². The van der Waals surface area contributed by atoms with Crippen LogP contribution in [0, 0.1) is 0 Å². The summed E-state index contributed by atoms with van der Waals surface area (Å²) in [6.45, 7) is 2.24. The van der Waals surface area contributed by atoms with Crippen molar-refractivity contribution in [3.8, 4) is 5.69 Å². The topological polar surface area (TPSA) is 52.0 Å². The maximum absolute atomic E-state index is 6.35. The third-order valence-corrected chi connectivity index (χ3v) is 7.04. The highest BCUT2D eigenvalue weighted by atomic mass is 35.5. The highest BCUT2D eigenvalue weighted by molar-refractivity contribution is 6.30. The Kier molecular flexibility index (Phi) is 5.10. The Balaban J connectivity index is 0.00000193. The molecule has 3 aliphatic rings. The van der Waals surface area contributed by atoms with Crippen LogP contribution >= 0.6 is 24.0 Å². The summed E-state index contributed by atoms with van der Waals surface area (Å²) in [5.41, 5.74) is 4.97. The van der Waals surface area contributed by atoms with Crippen molar-refractivity contribution in [2.45, 2.75) is 56.9 Å². The van der Waals surface area contributed by atoms with Crippen LogP contribution in [0.2, 0.25) is 5.02 Å². The standard InChI is InChI=1S/C23H23ClN4O.ClH/c24-18-5-6-20-17(11-18)12-25-13-21-26-27-22(28(20)21)15-7-9-23(10-8-15)19-4-2-1-3-16(19)14-29-23;/h1-6,11,15,25H,7-10,12-14H2;1H/t15-,23-;. The van der Waals surface area contributed by atoms with Crippen molar-refractivity contribution in [1.82, 2.24) is 20.1 Å². The first-order chi connectivity index (χ1) is 14.2. The molecule has 1 saturated carbocycles. The number of nitrogens with zero attached hydrogens (tertiary/aromatic N) is 3. The van der Waals surface area contributed by atoms with Gasteiger partial charge in [-0.15, -0.1) is 22.6 Å². The fourth-order valence-electron chi connectivity index (χ4n) is 5.33. The van der Waals surface area contributed by atoms with Gasteiger partial charge in [-0.2, -0.15) is 0 Å². The largest absolute Gasteiger partial charge is 0.366 e. The summed E-state index contributed by atoms with van der Waals surface area (Å²) >= 11 is 6.25. The van der Waals surface area contributed by atoms with Crippen LogP contribution in [0.15, 0.2) is 42.5 Å². The molecule has 5 nitrogen and oxygen atoms in total. The van der Waals surface area contributed by atoms with E-state index in [0.29, 0.717) is 12.5 Å². The molecular weight excluding hydrogens is 419 g/mol. The minimum atomic E-state index is -0.109. The van der Waals surface area contributed by atoms with Crippen LogP contribution in [0.4, 0.5) is 0 Å². The van der Waals surface area contributed by atoms with Crippen LogP contribution in [-0.2, 0) is 30.0 Å². The second-order valence-corrected chi connectivity index (χ2v) is 8.84. The quantitative estimate of drug-likeness (QED) is 0.573. The molecule has 0 saturated heterocycles. The van der Waals surface area contributed by atoms with Crippen LogP contribution in [0.1, 0.15) is 59.9 Å². The molecule has 3 heterocycles. The molecule has 156 valence electrons. The van der Waals surface area contributed by atoms with Crippen LogP contribution in [0.3, 0.4) is 0 Å². The van der Waals surface area contributed by atoms with Gasteiger partial charge in [-0.3, -0.25) is 4.57 Å². The van der Waals surface area contributed by atoms with Gasteiger partial charge in [0.1, 0.15) is 5.82 Å². The zero-order chi connectivity index (χ0) is 19.4. The van der Waals surface area contributed by atoms with E-state index in [9.17, 15) is 0 Å². The molecule has 30 heavy (non-hydrogen) atoms. The molecule has 0 bridgehead atoms. The van der Waals surface area contributed by atoms with E-state index in [4.69, 9.17) is 16.3 Å². The second-order valence-electron chi connectivity index (χ2n) is 8.40. The summed E-state index contributed by atoms with van der Waals surface area (Å²) in [5, 5.41) is 13.4. The molecule has 0 amide bonds. The van der Waals surface area contributed by atoms with E-state index in [2.05, 4.69) is 50.4 Å². The molecule has 7 heteroatoms. The summed E-state index contributed by atoms with van der Waals surface area (Å²) in [4.78, 5) is 0. The van der Waals surface area contributed by atoms with Crippen molar-refractivity contribution in [2.24, 2.45) is 0 Å². The summed E-state index contributed by atoms with van der Waals surface area (Å²) in [7, 11) is 0. The molecule has 1 fully saturated rings. The lowest BCUT2D eigenvalue weighted by Gasteiger charge is -2.37. The number of benzene rings is 2. The molecule has 2 aliphatic heterocycles. The Morgan fingerprint density at radius 2 is 1.87 bits per heavy atom. The van der Waals surface area contributed by atoms with Gasteiger partial charge >= 0.3 is 0 Å². The number of halogens is 2. The van der Waals surface area contributed by atoms with Gasteiger partial charge in [0.25, 0.3) is 0 Å². The number of fused-ring (bicyclic) bond motifs is 5. The third kappa shape index (κ3) is 3.07. The molecule has 1 N–H and O–H groups in total. The van der Waals surface area contributed by atoms with Crippen molar-refractivity contribution in [3.63, 3.8) is 0 Å². The lowest BCUT2D eigenvalue weighted by molar-refractivity contribution is -0.0674. The molecule has 6 rings (SSSR count). The Labute approximate surface area is 187 Å². The highest BCUT2D eigenvalue weighted by Crippen LogP contribution is 2.50. The summed E-state index contributed by atoms with van der Waals surface area (Å²) < 4.78 is 8.61. The monoisotopic (exact) mass is 442 g/mol. The minimum absolute atomic E-state index is 0. The van der Waals surface area contributed by atoms with Crippen molar-refractivity contribution >= 4 is 24.0 Å². The van der Waals surface area contributed by atoms with Crippen LogP contribution < -0.4 is 5.32 Å². The van der Waals surface area contributed by atoms with E-state index >= 15 is 0 Å². The predicted molar refractivity (Wildman–Crippen MR) is 118 cm³/mol. The van der Waals surface area contributed by atoms with E-state index in [1.54, 1.807) is 0 Å². The normalized spacial score (nSPS) is 24.5. The number of hydrogen-bond acceptors (Lipinski definition) is 4. The molecule has 2 aromatic carbocycles. The number of aromatic nitrogens is 3. The molecule has 0 atom stereocenters. The van der Waals surface area contributed by atoms with Crippen molar-refractivity contribution in [1.29, 1.82) is 0 Å². The summed E-state index contributed by atoms with van der Waals surface area (Å²) in [6.07, 6.45) is 4.18. The molecule has 1 aromatic heterocycles. The van der Waals surface area contributed by atoms with Gasteiger partial charge in [-0.05, 0) is 60.6 Å². The smallest absolute Gasteiger partial charge is 0.151 e. The van der Waals surface area contributed by atoms with Gasteiger partial charge in [-0.25, -0.2) is 0 Å². The van der Waals surface area contributed by atoms with Gasteiger partial charge in [-0.1, -0.05) is 35.9 Å².